The first-order valence-corrected chi connectivity index (χ1v) is 14.6. The molecule has 2 heterocycles. The summed E-state index contributed by atoms with van der Waals surface area (Å²) in [7, 11) is -4.25. The van der Waals surface area contributed by atoms with Crippen LogP contribution in [0.25, 0.3) is 0 Å². The van der Waals surface area contributed by atoms with Crippen LogP contribution in [-0.4, -0.2) is 47.2 Å². The second-order valence-electron chi connectivity index (χ2n) is 9.73. The van der Waals surface area contributed by atoms with Crippen molar-refractivity contribution in [1.82, 2.24) is 5.32 Å². The van der Waals surface area contributed by atoms with Crippen molar-refractivity contribution >= 4 is 27.3 Å². The van der Waals surface area contributed by atoms with Crippen LogP contribution in [0.5, 0.6) is 11.5 Å². The molecule has 2 aliphatic rings. The molecule has 1 amide bonds. The monoisotopic (exact) mass is 553 g/mol. The Morgan fingerprint density at radius 1 is 0.974 bits per heavy atom. The van der Waals surface area contributed by atoms with Crippen LogP contribution in [0.2, 0.25) is 0 Å². The Morgan fingerprint density at radius 3 is 2.41 bits per heavy atom. The first-order valence-electron chi connectivity index (χ1n) is 13.1. The average molecular weight is 554 g/mol. The van der Waals surface area contributed by atoms with Gasteiger partial charge in [0.15, 0.2) is 11.5 Å². The number of halogens is 1. The molecule has 1 fully saturated rings. The number of piperidine rings is 1. The first kappa shape index (κ1) is 26.8. The van der Waals surface area contributed by atoms with E-state index in [1.807, 2.05) is 19.1 Å². The molecular formula is C29H32FN3O5S. The highest BCUT2D eigenvalue weighted by molar-refractivity contribution is 7.92. The number of hydrogen-bond acceptors (Lipinski definition) is 6. The van der Waals surface area contributed by atoms with Gasteiger partial charge in [-0.15, -0.1) is 0 Å². The summed E-state index contributed by atoms with van der Waals surface area (Å²) in [6.45, 7) is 4.06. The first-order chi connectivity index (χ1) is 18.8. The predicted octanol–water partition coefficient (Wildman–Crippen LogP) is 4.66. The van der Waals surface area contributed by atoms with Crippen LogP contribution in [0.3, 0.4) is 0 Å². The van der Waals surface area contributed by atoms with Crippen molar-refractivity contribution in [3.05, 3.63) is 78.1 Å². The molecule has 0 bridgehead atoms. The minimum absolute atomic E-state index is 0.0403. The smallest absolute Gasteiger partial charge is 0.264 e. The molecule has 1 unspecified atom stereocenters. The highest BCUT2D eigenvalue weighted by atomic mass is 32.2. The third-order valence-corrected chi connectivity index (χ3v) is 8.75. The van der Waals surface area contributed by atoms with Crippen LogP contribution in [0.4, 0.5) is 15.8 Å². The number of sulfonamides is 1. The Kier molecular flexibility index (Phi) is 7.92. The van der Waals surface area contributed by atoms with Gasteiger partial charge in [-0.1, -0.05) is 18.2 Å². The topological polar surface area (TPSA) is 88.2 Å². The fraction of sp³-hybridized carbons (Fsp3) is 0.345. The Hall–Kier alpha value is -3.79. The van der Waals surface area contributed by atoms with Gasteiger partial charge in [0.2, 0.25) is 5.91 Å². The second-order valence-corrected chi connectivity index (χ2v) is 11.6. The standard InChI is InChI=1S/C29H32FN3O5S/c1-21(22-8-10-24(11-9-22)32-14-3-2-4-15-32)31-29(34)20-33(25-7-5-6-23(30)18-25)39(35,36)26-12-13-27-28(19-26)38-17-16-37-27/h5-13,18-19,21H,2-4,14-17,20H2,1H3,(H,31,34). The van der Waals surface area contributed by atoms with Crippen molar-refractivity contribution in [2.45, 2.75) is 37.1 Å². The van der Waals surface area contributed by atoms with E-state index in [1.165, 1.54) is 55.7 Å². The van der Waals surface area contributed by atoms with E-state index < -0.39 is 28.3 Å². The Balaban J connectivity index is 1.34. The maximum Gasteiger partial charge on any atom is 0.264 e. The molecule has 3 aromatic carbocycles. The van der Waals surface area contributed by atoms with Crippen molar-refractivity contribution in [2.75, 3.05) is 42.1 Å². The van der Waals surface area contributed by atoms with Crippen LogP contribution in [0.1, 0.15) is 37.8 Å². The molecule has 1 atom stereocenters. The zero-order valence-electron chi connectivity index (χ0n) is 21.8. The average Bonchev–Trinajstić information content (AvgIpc) is 2.96. The molecular weight excluding hydrogens is 521 g/mol. The highest BCUT2D eigenvalue weighted by Gasteiger charge is 2.29. The van der Waals surface area contributed by atoms with E-state index in [1.54, 1.807) is 0 Å². The molecule has 3 aromatic rings. The zero-order valence-corrected chi connectivity index (χ0v) is 22.6. The number of carbonyl (C=O) groups excluding carboxylic acids is 1. The fourth-order valence-electron chi connectivity index (χ4n) is 4.88. The van der Waals surface area contributed by atoms with Gasteiger partial charge in [-0.3, -0.25) is 9.10 Å². The number of amides is 1. The number of hydrogen-bond donors (Lipinski definition) is 1. The van der Waals surface area contributed by atoms with Gasteiger partial charge < -0.3 is 19.7 Å². The number of nitrogens with zero attached hydrogens (tertiary/aromatic N) is 2. The molecule has 206 valence electrons. The molecule has 0 aromatic heterocycles. The molecule has 8 nitrogen and oxygen atoms in total. The highest BCUT2D eigenvalue weighted by Crippen LogP contribution is 2.34. The molecule has 1 saturated heterocycles. The maximum atomic E-state index is 14.1. The maximum absolute atomic E-state index is 14.1. The summed E-state index contributed by atoms with van der Waals surface area (Å²) in [4.78, 5) is 15.4. The predicted molar refractivity (Wildman–Crippen MR) is 147 cm³/mol. The molecule has 0 aliphatic carbocycles. The summed E-state index contributed by atoms with van der Waals surface area (Å²) in [5.74, 6) is -0.395. The van der Waals surface area contributed by atoms with E-state index in [0.29, 0.717) is 24.7 Å². The van der Waals surface area contributed by atoms with E-state index in [9.17, 15) is 17.6 Å². The largest absolute Gasteiger partial charge is 0.486 e. The van der Waals surface area contributed by atoms with Gasteiger partial charge >= 0.3 is 0 Å². The third-order valence-electron chi connectivity index (χ3n) is 6.98. The Bertz CT molecular complexity index is 1430. The summed E-state index contributed by atoms with van der Waals surface area (Å²) in [5, 5.41) is 2.89. The lowest BCUT2D eigenvalue weighted by molar-refractivity contribution is -0.120. The zero-order chi connectivity index (χ0) is 27.4. The van der Waals surface area contributed by atoms with E-state index >= 15 is 0 Å². The molecule has 0 saturated carbocycles. The number of ether oxygens (including phenoxy) is 2. The molecule has 0 radical (unpaired) electrons. The minimum Gasteiger partial charge on any atom is -0.486 e. The van der Waals surface area contributed by atoms with Crippen LogP contribution in [0.15, 0.2) is 71.6 Å². The van der Waals surface area contributed by atoms with Gasteiger partial charge in [0, 0.05) is 24.8 Å². The quantitative estimate of drug-likeness (QED) is 0.437. The molecule has 39 heavy (non-hydrogen) atoms. The van der Waals surface area contributed by atoms with Gasteiger partial charge in [0.1, 0.15) is 25.6 Å². The summed E-state index contributed by atoms with van der Waals surface area (Å²) in [6.07, 6.45) is 3.63. The fourth-order valence-corrected chi connectivity index (χ4v) is 6.31. The molecule has 5 rings (SSSR count). The molecule has 2 aliphatic heterocycles. The lowest BCUT2D eigenvalue weighted by Gasteiger charge is -2.29. The van der Waals surface area contributed by atoms with Crippen molar-refractivity contribution in [1.29, 1.82) is 0 Å². The minimum atomic E-state index is -4.25. The van der Waals surface area contributed by atoms with Crippen molar-refractivity contribution in [2.24, 2.45) is 0 Å². The van der Waals surface area contributed by atoms with Crippen LogP contribution in [-0.2, 0) is 14.8 Å². The summed E-state index contributed by atoms with van der Waals surface area (Å²) in [6, 6.07) is 17.1. The molecule has 1 N–H and O–H groups in total. The molecule has 10 heteroatoms. The molecule has 0 spiro atoms. The lowest BCUT2D eigenvalue weighted by atomic mass is 10.1. The number of rotatable bonds is 8. The van der Waals surface area contributed by atoms with Crippen LogP contribution in [0, 0.1) is 5.82 Å². The summed E-state index contributed by atoms with van der Waals surface area (Å²) in [5.41, 5.74) is 2.09. The summed E-state index contributed by atoms with van der Waals surface area (Å²) >= 11 is 0. The lowest BCUT2D eigenvalue weighted by Crippen LogP contribution is -2.41. The van der Waals surface area contributed by atoms with Crippen molar-refractivity contribution < 1.29 is 27.1 Å². The summed E-state index contributed by atoms with van der Waals surface area (Å²) < 4.78 is 53.5. The number of fused-ring (bicyclic) bond motifs is 1. The van der Waals surface area contributed by atoms with Gasteiger partial charge in [-0.2, -0.15) is 0 Å². The number of carbonyl (C=O) groups is 1. The van der Waals surface area contributed by atoms with E-state index in [0.717, 1.165) is 34.7 Å². The Morgan fingerprint density at radius 2 is 1.69 bits per heavy atom. The van der Waals surface area contributed by atoms with E-state index in [-0.39, 0.29) is 16.6 Å². The SMILES string of the molecule is CC(NC(=O)CN(c1cccc(F)c1)S(=O)(=O)c1ccc2c(c1)OCCO2)c1ccc(N2CCCCC2)cc1. The number of nitrogens with one attached hydrogen (secondary N) is 1. The van der Waals surface area contributed by atoms with E-state index in [4.69, 9.17) is 9.47 Å². The Labute approximate surface area is 228 Å². The van der Waals surface area contributed by atoms with Gasteiger partial charge in [0.05, 0.1) is 16.6 Å². The van der Waals surface area contributed by atoms with Gasteiger partial charge in [0.25, 0.3) is 10.0 Å². The van der Waals surface area contributed by atoms with Gasteiger partial charge in [-0.05, 0) is 74.2 Å². The number of anilines is 2. The second kappa shape index (κ2) is 11.5. The van der Waals surface area contributed by atoms with Crippen molar-refractivity contribution in [3.63, 3.8) is 0 Å². The van der Waals surface area contributed by atoms with Gasteiger partial charge in [-0.25, -0.2) is 12.8 Å². The van der Waals surface area contributed by atoms with Crippen LogP contribution >= 0.6 is 0 Å². The number of benzene rings is 3. The van der Waals surface area contributed by atoms with Crippen LogP contribution < -0.4 is 24.0 Å². The normalized spacial score (nSPS) is 15.9. The third kappa shape index (κ3) is 6.11. The van der Waals surface area contributed by atoms with E-state index in [2.05, 4.69) is 22.3 Å². The van der Waals surface area contributed by atoms with Crippen molar-refractivity contribution in [3.8, 4) is 11.5 Å².